The monoisotopic (exact) mass is 215 g/mol. The lowest BCUT2D eigenvalue weighted by Gasteiger charge is -1.94. The van der Waals surface area contributed by atoms with E-state index in [1.54, 1.807) is 11.3 Å². The molecule has 1 aromatic heterocycles. The SMILES string of the molecule is NCC=Cc1ccc(-c2ccccc2)s1. The van der Waals surface area contributed by atoms with Crippen LogP contribution in [-0.2, 0) is 0 Å². The fourth-order valence-corrected chi connectivity index (χ4v) is 2.33. The van der Waals surface area contributed by atoms with Gasteiger partial charge in [-0.1, -0.05) is 36.4 Å². The summed E-state index contributed by atoms with van der Waals surface area (Å²) in [5, 5.41) is 0. The Labute approximate surface area is 93.9 Å². The van der Waals surface area contributed by atoms with Crippen molar-refractivity contribution in [2.45, 2.75) is 0 Å². The van der Waals surface area contributed by atoms with Crippen LogP contribution < -0.4 is 5.73 Å². The van der Waals surface area contributed by atoms with Crippen LogP contribution in [0.15, 0.2) is 48.5 Å². The second-order valence-corrected chi connectivity index (χ2v) is 4.32. The van der Waals surface area contributed by atoms with E-state index in [1.807, 2.05) is 12.1 Å². The van der Waals surface area contributed by atoms with E-state index in [0.29, 0.717) is 6.54 Å². The highest BCUT2D eigenvalue weighted by Crippen LogP contribution is 2.28. The molecule has 0 fully saturated rings. The van der Waals surface area contributed by atoms with Gasteiger partial charge >= 0.3 is 0 Å². The second kappa shape index (κ2) is 4.91. The van der Waals surface area contributed by atoms with Gasteiger partial charge in [-0.2, -0.15) is 0 Å². The molecule has 0 aliphatic rings. The Bertz CT molecular complexity index is 443. The van der Waals surface area contributed by atoms with Crippen LogP contribution in [0.2, 0.25) is 0 Å². The first-order valence-electron chi connectivity index (χ1n) is 4.92. The smallest absolute Gasteiger partial charge is 0.0349 e. The summed E-state index contributed by atoms with van der Waals surface area (Å²) in [6, 6.07) is 14.7. The third-order valence-electron chi connectivity index (χ3n) is 2.10. The van der Waals surface area contributed by atoms with E-state index in [0.717, 1.165) is 0 Å². The van der Waals surface area contributed by atoms with Crippen LogP contribution >= 0.6 is 11.3 Å². The maximum atomic E-state index is 5.41. The Morgan fingerprint density at radius 1 is 1.07 bits per heavy atom. The standard InChI is InChI=1S/C13H13NS/c14-10-4-7-12-8-9-13(15-12)11-5-2-1-3-6-11/h1-9H,10,14H2. The molecule has 76 valence electrons. The molecule has 0 unspecified atom stereocenters. The first kappa shape index (κ1) is 10.1. The van der Waals surface area contributed by atoms with Crippen molar-refractivity contribution in [3.63, 3.8) is 0 Å². The van der Waals surface area contributed by atoms with Crippen LogP contribution in [0.25, 0.3) is 16.5 Å². The van der Waals surface area contributed by atoms with Crippen LogP contribution in [0.1, 0.15) is 4.88 Å². The number of hydrogen-bond donors (Lipinski definition) is 1. The molecule has 0 spiro atoms. The van der Waals surface area contributed by atoms with Gasteiger partial charge in [-0.25, -0.2) is 0 Å². The van der Waals surface area contributed by atoms with Crippen molar-refractivity contribution >= 4 is 17.4 Å². The summed E-state index contributed by atoms with van der Waals surface area (Å²) in [5.74, 6) is 0. The zero-order chi connectivity index (χ0) is 10.5. The molecule has 15 heavy (non-hydrogen) atoms. The van der Waals surface area contributed by atoms with E-state index in [2.05, 4.69) is 42.5 Å². The quantitative estimate of drug-likeness (QED) is 0.834. The molecule has 0 saturated heterocycles. The van der Waals surface area contributed by atoms with Crippen LogP contribution in [0.5, 0.6) is 0 Å². The summed E-state index contributed by atoms with van der Waals surface area (Å²) in [6.07, 6.45) is 4.04. The van der Waals surface area contributed by atoms with Crippen molar-refractivity contribution in [3.8, 4) is 10.4 Å². The van der Waals surface area contributed by atoms with Crippen LogP contribution in [0, 0.1) is 0 Å². The third-order valence-corrected chi connectivity index (χ3v) is 3.20. The van der Waals surface area contributed by atoms with Crippen LogP contribution in [-0.4, -0.2) is 6.54 Å². The van der Waals surface area contributed by atoms with Gasteiger partial charge < -0.3 is 5.73 Å². The van der Waals surface area contributed by atoms with E-state index >= 15 is 0 Å². The molecule has 1 nitrogen and oxygen atoms in total. The molecule has 0 bridgehead atoms. The van der Waals surface area contributed by atoms with Gasteiger partial charge in [-0.05, 0) is 23.8 Å². The molecule has 2 rings (SSSR count). The predicted molar refractivity (Wildman–Crippen MR) is 67.8 cm³/mol. The summed E-state index contributed by atoms with van der Waals surface area (Å²) in [5.41, 5.74) is 6.69. The summed E-state index contributed by atoms with van der Waals surface area (Å²) < 4.78 is 0. The highest BCUT2D eigenvalue weighted by atomic mass is 32.1. The zero-order valence-corrected chi connectivity index (χ0v) is 9.21. The van der Waals surface area contributed by atoms with Gasteiger partial charge in [0.2, 0.25) is 0 Å². The third kappa shape index (κ3) is 2.55. The predicted octanol–water partition coefficient (Wildman–Crippen LogP) is 3.39. The normalized spacial score (nSPS) is 11.0. The molecule has 2 N–H and O–H groups in total. The summed E-state index contributed by atoms with van der Waals surface area (Å²) in [4.78, 5) is 2.55. The fourth-order valence-electron chi connectivity index (χ4n) is 1.38. The average molecular weight is 215 g/mol. The Morgan fingerprint density at radius 2 is 1.87 bits per heavy atom. The van der Waals surface area contributed by atoms with Crippen molar-refractivity contribution in [3.05, 3.63) is 53.4 Å². The molecule has 2 aromatic rings. The lowest BCUT2D eigenvalue weighted by molar-refractivity contribution is 1.26. The minimum atomic E-state index is 0.596. The summed E-state index contributed by atoms with van der Waals surface area (Å²) in [7, 11) is 0. The highest BCUT2D eigenvalue weighted by Gasteiger charge is 1.99. The molecule has 1 heterocycles. The van der Waals surface area contributed by atoms with E-state index < -0.39 is 0 Å². The number of thiophene rings is 1. The topological polar surface area (TPSA) is 26.0 Å². The van der Waals surface area contributed by atoms with Gasteiger partial charge in [-0.15, -0.1) is 11.3 Å². The fraction of sp³-hybridized carbons (Fsp3) is 0.0769. The van der Waals surface area contributed by atoms with Crippen molar-refractivity contribution < 1.29 is 0 Å². The van der Waals surface area contributed by atoms with Crippen molar-refractivity contribution in [1.82, 2.24) is 0 Å². The Balaban J connectivity index is 2.24. The summed E-state index contributed by atoms with van der Waals surface area (Å²) in [6.45, 7) is 0.596. The largest absolute Gasteiger partial charge is 0.327 e. The lowest BCUT2D eigenvalue weighted by Crippen LogP contribution is -1.91. The number of nitrogens with two attached hydrogens (primary N) is 1. The minimum absolute atomic E-state index is 0.596. The first-order valence-corrected chi connectivity index (χ1v) is 5.73. The van der Waals surface area contributed by atoms with E-state index in [4.69, 9.17) is 5.73 Å². The van der Waals surface area contributed by atoms with Crippen LogP contribution in [0.3, 0.4) is 0 Å². The Hall–Kier alpha value is -1.38. The number of benzene rings is 1. The molecule has 0 atom stereocenters. The Kier molecular flexibility index (Phi) is 3.33. The van der Waals surface area contributed by atoms with Gasteiger partial charge in [0.15, 0.2) is 0 Å². The molecule has 0 aliphatic heterocycles. The number of hydrogen-bond acceptors (Lipinski definition) is 2. The van der Waals surface area contributed by atoms with Gasteiger partial charge in [0.05, 0.1) is 0 Å². The highest BCUT2D eigenvalue weighted by molar-refractivity contribution is 7.16. The van der Waals surface area contributed by atoms with E-state index in [-0.39, 0.29) is 0 Å². The van der Waals surface area contributed by atoms with Crippen molar-refractivity contribution in [2.75, 3.05) is 6.54 Å². The maximum absolute atomic E-state index is 5.41. The van der Waals surface area contributed by atoms with Crippen molar-refractivity contribution in [2.24, 2.45) is 5.73 Å². The van der Waals surface area contributed by atoms with Gasteiger partial charge in [0, 0.05) is 16.3 Å². The van der Waals surface area contributed by atoms with E-state index in [1.165, 1.54) is 15.3 Å². The molecule has 1 aromatic carbocycles. The van der Waals surface area contributed by atoms with Gasteiger partial charge in [0.25, 0.3) is 0 Å². The molecule has 2 heteroatoms. The molecule has 0 amide bonds. The van der Waals surface area contributed by atoms with E-state index in [9.17, 15) is 0 Å². The molecular weight excluding hydrogens is 202 g/mol. The van der Waals surface area contributed by atoms with Gasteiger partial charge in [-0.3, -0.25) is 0 Å². The van der Waals surface area contributed by atoms with Crippen LogP contribution in [0.4, 0.5) is 0 Å². The average Bonchev–Trinajstić information content (AvgIpc) is 2.76. The van der Waals surface area contributed by atoms with Gasteiger partial charge in [0.1, 0.15) is 0 Å². The molecule has 0 saturated carbocycles. The maximum Gasteiger partial charge on any atom is 0.0349 e. The molecule has 0 aliphatic carbocycles. The molecular formula is C13H13NS. The minimum Gasteiger partial charge on any atom is -0.327 e. The number of rotatable bonds is 3. The lowest BCUT2D eigenvalue weighted by atomic mass is 10.2. The first-order chi connectivity index (χ1) is 7.40. The zero-order valence-electron chi connectivity index (χ0n) is 8.39. The summed E-state index contributed by atoms with van der Waals surface area (Å²) >= 11 is 1.78. The second-order valence-electron chi connectivity index (χ2n) is 3.21. The Morgan fingerprint density at radius 3 is 2.60 bits per heavy atom. The molecule has 0 radical (unpaired) electrons. The van der Waals surface area contributed by atoms with Crippen molar-refractivity contribution in [1.29, 1.82) is 0 Å².